The van der Waals surface area contributed by atoms with Crippen LogP contribution in [0.4, 0.5) is 0 Å². The number of aliphatic hydroxyl groups is 1. The van der Waals surface area contributed by atoms with Crippen molar-refractivity contribution >= 4 is 0 Å². The summed E-state index contributed by atoms with van der Waals surface area (Å²) in [7, 11) is 0. The van der Waals surface area contributed by atoms with Gasteiger partial charge in [-0.05, 0) is 6.92 Å². The van der Waals surface area contributed by atoms with E-state index in [1.54, 1.807) is 0 Å². The van der Waals surface area contributed by atoms with Crippen LogP contribution in [0.3, 0.4) is 0 Å². The van der Waals surface area contributed by atoms with Gasteiger partial charge in [0.25, 0.3) is 0 Å². The first kappa shape index (κ1) is 8.97. The molecule has 2 aromatic rings. The average molecular weight is 189 g/mol. The number of aromatic nitrogens is 1. The van der Waals surface area contributed by atoms with Crippen LogP contribution in [0.2, 0.25) is 0 Å². The monoisotopic (exact) mass is 189 g/mol. The molecule has 14 heavy (non-hydrogen) atoms. The number of hydrogen-bond donors (Lipinski definition) is 1. The topological polar surface area (TPSA) is 46.3 Å². The lowest BCUT2D eigenvalue weighted by molar-refractivity contribution is 0.277. The summed E-state index contributed by atoms with van der Waals surface area (Å²) in [6.45, 7) is 1.93. The first-order chi connectivity index (χ1) is 6.81. The number of benzene rings is 1. The largest absolute Gasteiger partial charge is 0.443 e. The van der Waals surface area contributed by atoms with Crippen LogP contribution < -0.4 is 0 Å². The van der Waals surface area contributed by atoms with Crippen molar-refractivity contribution in [2.45, 2.75) is 13.5 Å². The molecule has 0 radical (unpaired) electrons. The molecule has 0 spiro atoms. The fourth-order valence-electron chi connectivity index (χ4n) is 1.32. The Kier molecular flexibility index (Phi) is 2.33. The van der Waals surface area contributed by atoms with Gasteiger partial charge in [-0.1, -0.05) is 29.8 Å². The number of aryl methyl sites for hydroxylation is 1. The summed E-state index contributed by atoms with van der Waals surface area (Å²) in [5.74, 6) is 0.646. The van der Waals surface area contributed by atoms with Crippen molar-refractivity contribution in [1.29, 1.82) is 0 Å². The van der Waals surface area contributed by atoms with E-state index < -0.39 is 0 Å². The molecule has 1 aromatic heterocycles. The van der Waals surface area contributed by atoms with Crippen molar-refractivity contribution in [3.8, 4) is 11.3 Å². The maximum absolute atomic E-state index is 9.00. The molecule has 0 atom stereocenters. The Morgan fingerprint density at radius 1 is 1.29 bits per heavy atom. The minimum atomic E-state index is -0.0975. The van der Waals surface area contributed by atoms with Gasteiger partial charge in [0.15, 0.2) is 12.2 Å². The van der Waals surface area contributed by atoms with Gasteiger partial charge in [-0.2, -0.15) is 0 Å². The number of rotatable bonds is 2. The summed E-state index contributed by atoms with van der Waals surface area (Å²) in [4.78, 5) is 3.92. The molecule has 2 rings (SSSR count). The molecule has 0 aliphatic heterocycles. The lowest BCUT2D eigenvalue weighted by Gasteiger charge is -1.99. The molecular formula is C11H11NO2. The van der Waals surface area contributed by atoms with Crippen LogP contribution in [0.1, 0.15) is 11.3 Å². The van der Waals surface area contributed by atoms with E-state index in [0.717, 1.165) is 5.56 Å². The van der Waals surface area contributed by atoms with Gasteiger partial charge in [0, 0.05) is 5.56 Å². The second-order valence-electron chi connectivity index (χ2n) is 3.15. The fraction of sp³-hybridized carbons (Fsp3) is 0.182. The third kappa shape index (κ3) is 1.54. The molecule has 0 saturated carbocycles. The van der Waals surface area contributed by atoms with Crippen molar-refractivity contribution in [3.63, 3.8) is 0 Å². The highest BCUT2D eigenvalue weighted by Gasteiger charge is 2.08. The third-order valence-electron chi connectivity index (χ3n) is 2.10. The van der Waals surface area contributed by atoms with Crippen LogP contribution in [-0.2, 0) is 6.61 Å². The molecule has 3 nitrogen and oxygen atoms in total. The minimum Gasteiger partial charge on any atom is -0.443 e. The summed E-state index contributed by atoms with van der Waals surface area (Å²) in [6.07, 6.45) is 1.35. The second kappa shape index (κ2) is 3.64. The number of hydrogen-bond acceptors (Lipinski definition) is 3. The van der Waals surface area contributed by atoms with Gasteiger partial charge in [-0.3, -0.25) is 0 Å². The first-order valence-electron chi connectivity index (χ1n) is 4.41. The molecule has 0 aliphatic carbocycles. The van der Waals surface area contributed by atoms with E-state index in [-0.39, 0.29) is 6.61 Å². The van der Waals surface area contributed by atoms with Crippen LogP contribution in [0.5, 0.6) is 0 Å². The highest BCUT2D eigenvalue weighted by molar-refractivity contribution is 5.59. The molecule has 0 aliphatic rings. The van der Waals surface area contributed by atoms with Gasteiger partial charge in [0.05, 0.1) is 6.61 Å². The van der Waals surface area contributed by atoms with E-state index >= 15 is 0 Å². The predicted octanol–water partition coefficient (Wildman–Crippen LogP) is 2.14. The molecule has 0 bridgehead atoms. The number of aliphatic hydroxyl groups excluding tert-OH is 1. The van der Waals surface area contributed by atoms with E-state index in [0.29, 0.717) is 11.5 Å². The van der Waals surface area contributed by atoms with Crippen LogP contribution in [-0.4, -0.2) is 10.1 Å². The molecule has 0 saturated heterocycles. The molecule has 1 N–H and O–H groups in total. The van der Waals surface area contributed by atoms with Gasteiger partial charge < -0.3 is 9.52 Å². The quantitative estimate of drug-likeness (QED) is 0.787. The minimum absolute atomic E-state index is 0.0975. The molecule has 0 amide bonds. The number of nitrogens with zero attached hydrogens (tertiary/aromatic N) is 1. The lowest BCUT2D eigenvalue weighted by Crippen LogP contribution is -1.86. The van der Waals surface area contributed by atoms with E-state index in [1.165, 1.54) is 12.0 Å². The second-order valence-corrected chi connectivity index (χ2v) is 3.15. The molecule has 3 heteroatoms. The van der Waals surface area contributed by atoms with Crippen LogP contribution >= 0.6 is 0 Å². The van der Waals surface area contributed by atoms with Crippen molar-refractivity contribution in [2.24, 2.45) is 0 Å². The maximum atomic E-state index is 9.00. The summed E-state index contributed by atoms with van der Waals surface area (Å²) in [6, 6.07) is 7.90. The van der Waals surface area contributed by atoms with Crippen molar-refractivity contribution in [1.82, 2.24) is 4.98 Å². The van der Waals surface area contributed by atoms with E-state index in [1.807, 2.05) is 31.2 Å². The summed E-state index contributed by atoms with van der Waals surface area (Å²) in [5, 5.41) is 9.00. The van der Waals surface area contributed by atoms with Gasteiger partial charge in [-0.25, -0.2) is 4.98 Å². The Morgan fingerprint density at radius 3 is 2.64 bits per heavy atom. The molecular weight excluding hydrogens is 178 g/mol. The van der Waals surface area contributed by atoms with Gasteiger partial charge in [0.2, 0.25) is 0 Å². The average Bonchev–Trinajstić information content (AvgIpc) is 2.67. The van der Waals surface area contributed by atoms with E-state index in [9.17, 15) is 0 Å². The van der Waals surface area contributed by atoms with Crippen molar-refractivity contribution in [2.75, 3.05) is 0 Å². The Balaban J connectivity index is 2.44. The van der Waals surface area contributed by atoms with Gasteiger partial charge in [-0.15, -0.1) is 0 Å². The molecule has 0 fully saturated rings. The molecule has 0 unspecified atom stereocenters. The normalized spacial score (nSPS) is 10.4. The summed E-state index contributed by atoms with van der Waals surface area (Å²) < 4.78 is 5.21. The first-order valence-corrected chi connectivity index (χ1v) is 4.41. The zero-order chi connectivity index (χ0) is 9.97. The Labute approximate surface area is 82.0 Å². The lowest BCUT2D eigenvalue weighted by atomic mass is 10.1. The maximum Gasteiger partial charge on any atom is 0.181 e. The molecule has 72 valence electrons. The van der Waals surface area contributed by atoms with Crippen molar-refractivity contribution in [3.05, 3.63) is 41.9 Å². The number of oxazole rings is 1. The smallest absolute Gasteiger partial charge is 0.181 e. The highest BCUT2D eigenvalue weighted by atomic mass is 16.3. The Bertz CT molecular complexity index is 417. The fourth-order valence-corrected chi connectivity index (χ4v) is 1.32. The van der Waals surface area contributed by atoms with Crippen molar-refractivity contribution < 1.29 is 9.52 Å². The van der Waals surface area contributed by atoms with Crippen LogP contribution in [0.25, 0.3) is 11.3 Å². The molecule has 1 aromatic carbocycles. The SMILES string of the molecule is Cc1ccc(-c2ocnc2CO)cc1. The Hall–Kier alpha value is -1.61. The van der Waals surface area contributed by atoms with Gasteiger partial charge >= 0.3 is 0 Å². The predicted molar refractivity (Wildman–Crippen MR) is 52.6 cm³/mol. The summed E-state index contributed by atoms with van der Waals surface area (Å²) >= 11 is 0. The Morgan fingerprint density at radius 2 is 2.00 bits per heavy atom. The zero-order valence-corrected chi connectivity index (χ0v) is 7.90. The third-order valence-corrected chi connectivity index (χ3v) is 2.10. The zero-order valence-electron chi connectivity index (χ0n) is 7.90. The van der Waals surface area contributed by atoms with E-state index in [4.69, 9.17) is 9.52 Å². The highest BCUT2D eigenvalue weighted by Crippen LogP contribution is 2.23. The van der Waals surface area contributed by atoms with Crippen LogP contribution in [0, 0.1) is 6.92 Å². The van der Waals surface area contributed by atoms with Gasteiger partial charge in [0.1, 0.15) is 5.69 Å². The van der Waals surface area contributed by atoms with E-state index in [2.05, 4.69) is 4.98 Å². The molecule has 1 heterocycles. The van der Waals surface area contributed by atoms with Crippen LogP contribution in [0.15, 0.2) is 35.1 Å². The standard InChI is InChI=1S/C11H11NO2/c1-8-2-4-9(5-3-8)11-10(6-13)12-7-14-11/h2-5,7,13H,6H2,1H3. The summed E-state index contributed by atoms with van der Waals surface area (Å²) in [5.41, 5.74) is 2.71.